The highest BCUT2D eigenvalue weighted by atomic mass is 32.2. The number of aromatic nitrogens is 3. The summed E-state index contributed by atoms with van der Waals surface area (Å²) in [6.45, 7) is 5.15. The van der Waals surface area contributed by atoms with E-state index < -0.39 is 0 Å². The molecule has 168 valence electrons. The molecule has 0 bridgehead atoms. The van der Waals surface area contributed by atoms with Crippen LogP contribution in [0.5, 0.6) is 0 Å². The van der Waals surface area contributed by atoms with Gasteiger partial charge in [0.1, 0.15) is 5.65 Å². The number of para-hydroxylation sites is 1. The molecule has 1 aromatic carbocycles. The van der Waals surface area contributed by atoms with Gasteiger partial charge in [0.2, 0.25) is 0 Å². The topological polar surface area (TPSA) is 56.8 Å². The largest absolute Gasteiger partial charge is 0.358 e. The van der Waals surface area contributed by atoms with Gasteiger partial charge in [-0.3, -0.25) is 4.79 Å². The molecule has 6 rings (SSSR count). The SMILES string of the molecule is CCn1c2c(c3c(=O)cc[nH]c31)CCN(C)CC2.c1ccc2c3c([nH]c2c1)CCSCC3. The van der Waals surface area contributed by atoms with Crippen LogP contribution in [-0.4, -0.2) is 51.1 Å². The van der Waals surface area contributed by atoms with Crippen molar-refractivity contribution in [1.29, 1.82) is 0 Å². The van der Waals surface area contributed by atoms with Crippen LogP contribution in [0.15, 0.2) is 41.3 Å². The maximum Gasteiger partial charge on any atom is 0.191 e. The zero-order valence-electron chi connectivity index (χ0n) is 19.0. The highest BCUT2D eigenvalue weighted by Crippen LogP contribution is 2.28. The number of nitrogens with one attached hydrogen (secondary N) is 2. The number of pyridine rings is 1. The number of hydrogen-bond donors (Lipinski definition) is 2. The third-order valence-electron chi connectivity index (χ3n) is 6.87. The van der Waals surface area contributed by atoms with Gasteiger partial charge in [-0.25, -0.2) is 0 Å². The van der Waals surface area contributed by atoms with Crippen molar-refractivity contribution in [3.63, 3.8) is 0 Å². The Morgan fingerprint density at radius 2 is 1.81 bits per heavy atom. The first kappa shape index (κ1) is 21.4. The Morgan fingerprint density at radius 1 is 1.00 bits per heavy atom. The molecule has 2 N–H and O–H groups in total. The number of fused-ring (bicyclic) bond motifs is 6. The van der Waals surface area contributed by atoms with Gasteiger partial charge in [-0.2, -0.15) is 11.8 Å². The normalized spacial score (nSPS) is 16.7. The molecule has 5 heterocycles. The van der Waals surface area contributed by atoms with E-state index in [-0.39, 0.29) is 5.43 Å². The van der Waals surface area contributed by atoms with Crippen LogP contribution in [0, 0.1) is 0 Å². The molecule has 0 aliphatic carbocycles. The lowest BCUT2D eigenvalue weighted by Crippen LogP contribution is -2.21. The van der Waals surface area contributed by atoms with Crippen molar-refractivity contribution in [2.45, 2.75) is 39.2 Å². The Hall–Kier alpha value is -2.44. The Morgan fingerprint density at radius 3 is 2.69 bits per heavy atom. The van der Waals surface area contributed by atoms with Crippen LogP contribution >= 0.6 is 11.8 Å². The Kier molecular flexibility index (Phi) is 6.15. The minimum absolute atomic E-state index is 0.150. The average molecular weight is 449 g/mol. The van der Waals surface area contributed by atoms with Crippen LogP contribution in [-0.2, 0) is 32.2 Å². The van der Waals surface area contributed by atoms with Crippen molar-refractivity contribution >= 4 is 33.7 Å². The van der Waals surface area contributed by atoms with Gasteiger partial charge in [-0.05, 0) is 61.9 Å². The molecule has 4 aromatic rings. The molecule has 0 unspecified atom stereocenters. The lowest BCUT2D eigenvalue weighted by Gasteiger charge is -2.12. The van der Waals surface area contributed by atoms with Gasteiger partial charge in [-0.1, -0.05) is 18.2 Å². The number of rotatable bonds is 1. The summed E-state index contributed by atoms with van der Waals surface area (Å²) < 4.78 is 2.27. The van der Waals surface area contributed by atoms with Gasteiger partial charge in [0.25, 0.3) is 0 Å². The zero-order chi connectivity index (χ0) is 22.1. The summed E-state index contributed by atoms with van der Waals surface area (Å²) in [4.78, 5) is 21.3. The minimum Gasteiger partial charge on any atom is -0.358 e. The molecule has 0 spiro atoms. The van der Waals surface area contributed by atoms with Gasteiger partial charge >= 0.3 is 0 Å². The standard InChI is InChI=1S/C14H19N3O.C12H13NS/c1-3-17-11-6-9-16(2)8-5-10(11)13-12(18)4-7-15-14(13)17;1-2-4-11-9(3-1)10-5-7-14-8-6-12(10)13-11/h4,7H,3,5-6,8-9H2,1-2H3,(H,15,18);1-4,13H,5-8H2. The summed E-state index contributed by atoms with van der Waals surface area (Å²) in [5.74, 6) is 2.54. The van der Waals surface area contributed by atoms with E-state index in [1.54, 1.807) is 17.8 Å². The summed E-state index contributed by atoms with van der Waals surface area (Å²) in [6, 6.07) is 10.3. The number of nitrogens with zero attached hydrogens (tertiary/aromatic N) is 2. The Balaban J connectivity index is 0.000000139. The first-order valence-electron chi connectivity index (χ1n) is 11.7. The number of thioether (sulfide) groups is 1. The summed E-state index contributed by atoms with van der Waals surface area (Å²) in [5, 5.41) is 2.34. The van der Waals surface area contributed by atoms with Crippen LogP contribution in [0.1, 0.15) is 29.4 Å². The van der Waals surface area contributed by atoms with Gasteiger partial charge in [0.15, 0.2) is 5.43 Å². The molecule has 0 radical (unpaired) electrons. The number of benzene rings is 1. The molecular formula is C26H32N4OS. The van der Waals surface area contributed by atoms with Crippen molar-refractivity contribution in [1.82, 2.24) is 19.4 Å². The quantitative estimate of drug-likeness (QED) is 0.454. The van der Waals surface area contributed by atoms with Crippen molar-refractivity contribution in [2.75, 3.05) is 31.6 Å². The molecule has 0 fully saturated rings. The van der Waals surface area contributed by atoms with Crippen LogP contribution in [0.3, 0.4) is 0 Å². The van der Waals surface area contributed by atoms with E-state index in [0.29, 0.717) is 0 Å². The van der Waals surface area contributed by atoms with Gasteiger partial charge in [0, 0.05) is 60.6 Å². The minimum atomic E-state index is 0.150. The first-order valence-corrected chi connectivity index (χ1v) is 12.9. The van der Waals surface area contributed by atoms with Crippen LogP contribution in [0.25, 0.3) is 21.9 Å². The highest BCUT2D eigenvalue weighted by Gasteiger charge is 2.21. The van der Waals surface area contributed by atoms with E-state index in [0.717, 1.165) is 43.5 Å². The van der Waals surface area contributed by atoms with E-state index in [9.17, 15) is 4.79 Å². The zero-order valence-corrected chi connectivity index (χ0v) is 19.9. The molecule has 0 atom stereocenters. The fraction of sp³-hybridized carbons (Fsp3) is 0.423. The Labute approximate surface area is 193 Å². The number of hydrogen-bond acceptors (Lipinski definition) is 3. The predicted octanol–water partition coefficient (Wildman–Crippen LogP) is 4.38. The Bertz CT molecular complexity index is 1300. The molecule has 6 heteroatoms. The smallest absolute Gasteiger partial charge is 0.191 e. The second-order valence-corrected chi connectivity index (χ2v) is 10.0. The highest BCUT2D eigenvalue weighted by molar-refractivity contribution is 7.99. The van der Waals surface area contributed by atoms with E-state index >= 15 is 0 Å². The molecule has 0 saturated carbocycles. The van der Waals surface area contributed by atoms with E-state index in [1.807, 2.05) is 0 Å². The number of H-pyrrole nitrogens is 2. The van der Waals surface area contributed by atoms with Gasteiger partial charge < -0.3 is 19.4 Å². The fourth-order valence-corrected chi connectivity index (χ4v) is 6.14. The molecule has 5 nitrogen and oxygen atoms in total. The second kappa shape index (κ2) is 9.20. The lowest BCUT2D eigenvalue weighted by atomic mass is 10.1. The summed E-state index contributed by atoms with van der Waals surface area (Å²) in [6.07, 6.45) is 6.19. The number of aryl methyl sites for hydroxylation is 3. The van der Waals surface area contributed by atoms with Crippen molar-refractivity contribution in [2.24, 2.45) is 0 Å². The number of likely N-dealkylation sites (N-methyl/N-ethyl adjacent to an activating group) is 1. The fourth-order valence-electron chi connectivity index (χ4n) is 5.24. The molecule has 32 heavy (non-hydrogen) atoms. The van der Waals surface area contributed by atoms with Crippen molar-refractivity contribution in [3.8, 4) is 0 Å². The lowest BCUT2D eigenvalue weighted by molar-refractivity contribution is 0.351. The molecule has 2 aliphatic rings. The first-order chi connectivity index (χ1) is 15.7. The van der Waals surface area contributed by atoms with Crippen molar-refractivity contribution in [3.05, 3.63) is 69.3 Å². The van der Waals surface area contributed by atoms with E-state index in [4.69, 9.17) is 0 Å². The molecule has 2 aliphatic heterocycles. The molecular weight excluding hydrogens is 416 g/mol. The maximum atomic E-state index is 12.1. The summed E-state index contributed by atoms with van der Waals surface area (Å²) in [7, 11) is 2.15. The van der Waals surface area contributed by atoms with E-state index in [1.165, 1.54) is 52.2 Å². The summed E-state index contributed by atoms with van der Waals surface area (Å²) in [5.41, 5.74) is 8.09. The average Bonchev–Trinajstić information content (AvgIpc) is 3.11. The summed E-state index contributed by atoms with van der Waals surface area (Å²) >= 11 is 2.07. The van der Waals surface area contributed by atoms with Crippen LogP contribution in [0.2, 0.25) is 0 Å². The maximum absolute atomic E-state index is 12.1. The van der Waals surface area contributed by atoms with Crippen molar-refractivity contribution < 1.29 is 0 Å². The van der Waals surface area contributed by atoms with Gasteiger partial charge in [0.05, 0.1) is 5.39 Å². The predicted molar refractivity (Wildman–Crippen MR) is 136 cm³/mol. The molecule has 3 aromatic heterocycles. The van der Waals surface area contributed by atoms with Gasteiger partial charge in [-0.15, -0.1) is 0 Å². The monoisotopic (exact) mass is 448 g/mol. The third-order valence-corrected chi connectivity index (χ3v) is 7.85. The third kappa shape index (κ3) is 3.90. The number of aromatic amines is 2. The van der Waals surface area contributed by atoms with Crippen LogP contribution < -0.4 is 5.43 Å². The van der Waals surface area contributed by atoms with E-state index in [2.05, 4.69) is 69.4 Å². The second-order valence-electron chi connectivity index (χ2n) is 8.78. The molecule has 0 amide bonds. The molecule has 0 saturated heterocycles. The van der Waals surface area contributed by atoms with Crippen LogP contribution in [0.4, 0.5) is 0 Å².